The number of hydrogen-bond acceptors (Lipinski definition) is 2. The molecule has 0 bridgehead atoms. The lowest BCUT2D eigenvalue weighted by atomic mass is 10.0. The van der Waals surface area contributed by atoms with Gasteiger partial charge in [0.15, 0.2) is 0 Å². The van der Waals surface area contributed by atoms with Gasteiger partial charge in [-0.05, 0) is 38.7 Å². The van der Waals surface area contributed by atoms with E-state index in [1.165, 1.54) is 165 Å². The standard InChI is InChI=1S/C34H63N2/c1-4-7-9-11-13-15-17-19-21-23-25-27-29-32-31-33(36-34(6-3)35-32)30-28-26-24-22-20-18-16-14-12-10-8-5-2/h31H,3-30H2,1-2H3. The Balaban J connectivity index is 2.06. The van der Waals surface area contributed by atoms with E-state index in [1.807, 2.05) is 0 Å². The molecule has 0 aliphatic rings. The first-order chi connectivity index (χ1) is 17.8. The number of unbranched alkanes of at least 4 members (excludes halogenated alkanes) is 22. The summed E-state index contributed by atoms with van der Waals surface area (Å²) in [6, 6.07) is 2.29. The van der Waals surface area contributed by atoms with Crippen LogP contribution in [0.25, 0.3) is 0 Å². The molecule has 0 spiro atoms. The molecule has 0 aromatic carbocycles. The van der Waals surface area contributed by atoms with Crippen molar-refractivity contribution in [2.75, 3.05) is 0 Å². The van der Waals surface area contributed by atoms with E-state index in [0.717, 1.165) is 18.7 Å². The van der Waals surface area contributed by atoms with Gasteiger partial charge >= 0.3 is 0 Å². The van der Waals surface area contributed by atoms with Gasteiger partial charge in [-0.3, -0.25) is 0 Å². The Hall–Kier alpha value is -0.920. The molecule has 0 atom stereocenters. The second-order valence-corrected chi connectivity index (χ2v) is 11.3. The highest BCUT2D eigenvalue weighted by molar-refractivity contribution is 5.12. The number of aryl methyl sites for hydroxylation is 2. The van der Waals surface area contributed by atoms with Crippen LogP contribution in [0.15, 0.2) is 6.07 Å². The predicted octanol–water partition coefficient (Wildman–Crippen LogP) is 11.3. The molecule has 0 aliphatic heterocycles. The average molecular weight is 500 g/mol. The van der Waals surface area contributed by atoms with Gasteiger partial charge in [0.05, 0.1) is 0 Å². The highest BCUT2D eigenvalue weighted by Gasteiger charge is 2.05. The van der Waals surface area contributed by atoms with Gasteiger partial charge in [0, 0.05) is 17.8 Å². The number of hydrogen-bond donors (Lipinski definition) is 0. The molecule has 1 rings (SSSR count). The summed E-state index contributed by atoms with van der Waals surface area (Å²) >= 11 is 0. The van der Waals surface area contributed by atoms with Crippen LogP contribution in [0.4, 0.5) is 0 Å². The summed E-state index contributed by atoms with van der Waals surface area (Å²) in [4.78, 5) is 9.55. The summed E-state index contributed by atoms with van der Waals surface area (Å²) in [5.74, 6) is 0.945. The second-order valence-electron chi connectivity index (χ2n) is 11.3. The zero-order chi connectivity index (χ0) is 25.9. The third-order valence-corrected chi connectivity index (χ3v) is 7.68. The van der Waals surface area contributed by atoms with Crippen LogP contribution in [0.2, 0.25) is 0 Å². The zero-order valence-electron chi connectivity index (χ0n) is 24.8. The minimum absolute atomic E-state index is 0.706. The SMILES string of the molecule is [CH2]Cc1nc(CCCCCCCCCCCCCC)cc(CCCCCCCCCCCCCC)n1. The van der Waals surface area contributed by atoms with Crippen molar-refractivity contribution in [1.29, 1.82) is 0 Å². The molecule has 0 saturated carbocycles. The Bertz CT molecular complexity index is 536. The number of aromatic nitrogens is 2. The fourth-order valence-corrected chi connectivity index (χ4v) is 5.28. The van der Waals surface area contributed by atoms with Gasteiger partial charge in [0.2, 0.25) is 0 Å². The van der Waals surface area contributed by atoms with Crippen LogP contribution in [0.1, 0.15) is 185 Å². The topological polar surface area (TPSA) is 25.8 Å². The molecule has 0 N–H and O–H groups in total. The zero-order valence-corrected chi connectivity index (χ0v) is 24.8. The first kappa shape index (κ1) is 33.1. The van der Waals surface area contributed by atoms with E-state index in [9.17, 15) is 0 Å². The molecule has 2 heteroatoms. The second kappa shape index (κ2) is 25.7. The molecule has 36 heavy (non-hydrogen) atoms. The lowest BCUT2D eigenvalue weighted by Gasteiger charge is -2.08. The summed E-state index contributed by atoms with van der Waals surface area (Å²) in [5.41, 5.74) is 2.51. The molecule has 0 amide bonds. The molecule has 0 fully saturated rings. The third-order valence-electron chi connectivity index (χ3n) is 7.68. The lowest BCUT2D eigenvalue weighted by molar-refractivity contribution is 0.542. The van der Waals surface area contributed by atoms with E-state index in [-0.39, 0.29) is 0 Å². The van der Waals surface area contributed by atoms with E-state index < -0.39 is 0 Å². The number of nitrogens with zero attached hydrogens (tertiary/aromatic N) is 2. The van der Waals surface area contributed by atoms with Crippen LogP contribution < -0.4 is 0 Å². The van der Waals surface area contributed by atoms with Gasteiger partial charge in [0.1, 0.15) is 5.82 Å². The van der Waals surface area contributed by atoms with Crippen molar-refractivity contribution in [3.05, 3.63) is 30.2 Å². The Morgan fingerprint density at radius 1 is 0.444 bits per heavy atom. The van der Waals surface area contributed by atoms with Crippen LogP contribution in [-0.2, 0) is 19.3 Å². The third kappa shape index (κ3) is 20.2. The molecular weight excluding hydrogens is 436 g/mol. The molecule has 1 heterocycles. The van der Waals surface area contributed by atoms with E-state index in [1.54, 1.807) is 0 Å². The Morgan fingerprint density at radius 2 is 0.722 bits per heavy atom. The molecular formula is C34H63N2. The first-order valence-corrected chi connectivity index (χ1v) is 16.4. The maximum absolute atomic E-state index is 4.78. The minimum atomic E-state index is 0.706. The Kier molecular flexibility index (Phi) is 23.7. The summed E-state index contributed by atoms with van der Waals surface area (Å²) < 4.78 is 0. The molecule has 209 valence electrons. The maximum atomic E-state index is 4.78. The quantitative estimate of drug-likeness (QED) is 0.112. The summed E-state index contributed by atoms with van der Waals surface area (Å²) in [5, 5.41) is 0. The van der Waals surface area contributed by atoms with Gasteiger partial charge in [-0.2, -0.15) is 0 Å². The molecule has 1 aromatic rings. The first-order valence-electron chi connectivity index (χ1n) is 16.4. The average Bonchev–Trinajstić information content (AvgIpc) is 2.89. The molecule has 0 saturated heterocycles. The van der Waals surface area contributed by atoms with Crippen LogP contribution >= 0.6 is 0 Å². The van der Waals surface area contributed by atoms with E-state index >= 15 is 0 Å². The fraction of sp³-hybridized carbons (Fsp3) is 0.853. The normalized spacial score (nSPS) is 11.4. The summed E-state index contributed by atoms with van der Waals surface area (Å²) in [6.45, 7) is 8.64. The molecule has 0 aliphatic carbocycles. The lowest BCUT2D eigenvalue weighted by Crippen LogP contribution is -2.03. The summed E-state index contributed by atoms with van der Waals surface area (Å²) in [7, 11) is 0. The van der Waals surface area contributed by atoms with Crippen molar-refractivity contribution in [1.82, 2.24) is 9.97 Å². The van der Waals surface area contributed by atoms with E-state index in [2.05, 4.69) is 26.8 Å². The molecule has 0 unspecified atom stereocenters. The van der Waals surface area contributed by atoms with Crippen molar-refractivity contribution in [3.8, 4) is 0 Å². The van der Waals surface area contributed by atoms with Crippen molar-refractivity contribution < 1.29 is 0 Å². The fourth-order valence-electron chi connectivity index (χ4n) is 5.28. The van der Waals surface area contributed by atoms with Crippen LogP contribution in [0.3, 0.4) is 0 Å². The van der Waals surface area contributed by atoms with Crippen LogP contribution in [0, 0.1) is 6.92 Å². The smallest absolute Gasteiger partial charge is 0.128 e. The van der Waals surface area contributed by atoms with Crippen LogP contribution in [-0.4, -0.2) is 9.97 Å². The van der Waals surface area contributed by atoms with E-state index in [0.29, 0.717) is 6.42 Å². The van der Waals surface area contributed by atoms with Crippen LogP contribution in [0.5, 0.6) is 0 Å². The van der Waals surface area contributed by atoms with Crippen molar-refractivity contribution in [3.63, 3.8) is 0 Å². The number of rotatable bonds is 27. The van der Waals surface area contributed by atoms with Gasteiger partial charge in [-0.25, -0.2) is 9.97 Å². The predicted molar refractivity (Wildman–Crippen MR) is 161 cm³/mol. The van der Waals surface area contributed by atoms with Crippen molar-refractivity contribution in [2.24, 2.45) is 0 Å². The van der Waals surface area contributed by atoms with Gasteiger partial charge < -0.3 is 0 Å². The summed E-state index contributed by atoms with van der Waals surface area (Å²) in [6.07, 6.45) is 36.6. The molecule has 2 nitrogen and oxygen atoms in total. The molecule has 1 radical (unpaired) electrons. The van der Waals surface area contributed by atoms with Gasteiger partial charge in [-0.1, -0.05) is 155 Å². The maximum Gasteiger partial charge on any atom is 0.128 e. The van der Waals surface area contributed by atoms with Crippen molar-refractivity contribution >= 4 is 0 Å². The highest BCUT2D eigenvalue weighted by atomic mass is 14.9. The van der Waals surface area contributed by atoms with E-state index in [4.69, 9.17) is 9.97 Å². The van der Waals surface area contributed by atoms with Gasteiger partial charge in [-0.15, -0.1) is 0 Å². The Morgan fingerprint density at radius 3 is 1.00 bits per heavy atom. The largest absolute Gasteiger partial charge is 0.238 e. The highest BCUT2D eigenvalue weighted by Crippen LogP contribution is 2.16. The Labute approximate surface area is 227 Å². The minimum Gasteiger partial charge on any atom is -0.238 e. The monoisotopic (exact) mass is 499 g/mol. The molecule has 1 aromatic heterocycles. The van der Waals surface area contributed by atoms with Crippen molar-refractivity contribution in [2.45, 2.75) is 187 Å². The van der Waals surface area contributed by atoms with Gasteiger partial charge in [0.25, 0.3) is 0 Å².